The molecule has 0 saturated heterocycles. The molecule has 0 aliphatic rings. The second-order valence-corrected chi connectivity index (χ2v) is 3.38. The number of hydrogen-bond acceptors (Lipinski definition) is 3. The molecule has 0 aliphatic carbocycles. The fourth-order valence-electron chi connectivity index (χ4n) is 0.895. The molecule has 0 aromatic carbocycles. The number of nitrogens with zero attached hydrogens (tertiary/aromatic N) is 2. The van der Waals surface area contributed by atoms with Crippen LogP contribution in [0, 0.1) is 0 Å². The summed E-state index contributed by atoms with van der Waals surface area (Å²) in [6.45, 7) is 2.32. The highest BCUT2D eigenvalue weighted by atomic mass is 32.1. The third kappa shape index (κ3) is 4.32. The van der Waals surface area contributed by atoms with Crippen molar-refractivity contribution in [1.29, 1.82) is 0 Å². The van der Waals surface area contributed by atoms with Crippen LogP contribution in [-0.2, 0) is 9.59 Å². The van der Waals surface area contributed by atoms with Crippen molar-refractivity contribution in [3.63, 3.8) is 0 Å². The summed E-state index contributed by atoms with van der Waals surface area (Å²) in [5, 5.41) is 1.49. The predicted octanol–water partition coefficient (Wildman–Crippen LogP) is 0.313. The lowest BCUT2D eigenvalue weighted by molar-refractivity contribution is -0.138. The van der Waals surface area contributed by atoms with E-state index in [1.807, 2.05) is 0 Å². The fraction of sp³-hybridized carbons (Fsp3) is 0.667. The molecule has 0 spiro atoms. The smallest absolute Gasteiger partial charge is 0.242 e. The Labute approximate surface area is 89.9 Å². The Hall–Kier alpha value is -0.970. The summed E-state index contributed by atoms with van der Waals surface area (Å²) >= 11 is 4.64. The summed E-state index contributed by atoms with van der Waals surface area (Å²) in [6, 6.07) is 0. The van der Waals surface area contributed by atoms with Gasteiger partial charge in [0.25, 0.3) is 0 Å². The van der Waals surface area contributed by atoms with Crippen LogP contribution < -0.4 is 0 Å². The van der Waals surface area contributed by atoms with E-state index in [2.05, 4.69) is 12.2 Å². The molecule has 80 valence electrons. The van der Waals surface area contributed by atoms with Crippen LogP contribution in [-0.4, -0.2) is 54.2 Å². The van der Waals surface area contributed by atoms with Gasteiger partial charge in [0.05, 0.1) is 6.54 Å². The molecule has 14 heavy (non-hydrogen) atoms. The van der Waals surface area contributed by atoms with Gasteiger partial charge in [0.15, 0.2) is 0 Å². The van der Waals surface area contributed by atoms with Crippen molar-refractivity contribution in [2.24, 2.45) is 0 Å². The van der Waals surface area contributed by atoms with Gasteiger partial charge in [-0.2, -0.15) is 0 Å². The van der Waals surface area contributed by atoms with Gasteiger partial charge in [-0.1, -0.05) is 19.1 Å². The molecule has 0 atom stereocenters. The molecular formula is C9H16N2O2S. The first kappa shape index (κ1) is 13.0. The molecule has 0 unspecified atom stereocenters. The van der Waals surface area contributed by atoms with E-state index in [1.165, 1.54) is 15.2 Å². The standard InChI is InChI=1S/C9H16N2O2S/c1-4-8(12)11(3)7-9(13)10(2)5-6-14/h6H,4-5,7H2,1-3H3. The lowest BCUT2D eigenvalue weighted by Crippen LogP contribution is -2.39. The number of rotatable bonds is 5. The zero-order valence-electron chi connectivity index (χ0n) is 8.82. The fourth-order valence-corrected chi connectivity index (χ4v) is 1.12. The first-order valence-electron chi connectivity index (χ1n) is 4.44. The van der Waals surface area contributed by atoms with Crippen molar-refractivity contribution in [2.75, 3.05) is 27.2 Å². The van der Waals surface area contributed by atoms with Gasteiger partial charge in [-0.25, -0.2) is 0 Å². The average molecular weight is 216 g/mol. The highest BCUT2D eigenvalue weighted by Crippen LogP contribution is 1.92. The number of thiocarbonyl (C=S) groups is 1. The van der Waals surface area contributed by atoms with Crippen molar-refractivity contribution in [3.05, 3.63) is 0 Å². The summed E-state index contributed by atoms with van der Waals surface area (Å²) < 4.78 is 0. The van der Waals surface area contributed by atoms with Crippen LogP contribution in [0.3, 0.4) is 0 Å². The quantitative estimate of drug-likeness (QED) is 0.621. The van der Waals surface area contributed by atoms with Gasteiger partial charge in [-0.3, -0.25) is 9.59 Å². The summed E-state index contributed by atoms with van der Waals surface area (Å²) in [7, 11) is 3.28. The van der Waals surface area contributed by atoms with Gasteiger partial charge in [-0.05, 0) is 5.37 Å². The summed E-state index contributed by atoms with van der Waals surface area (Å²) in [4.78, 5) is 25.5. The summed E-state index contributed by atoms with van der Waals surface area (Å²) in [5.74, 6) is -0.135. The lowest BCUT2D eigenvalue weighted by atomic mass is 10.4. The molecule has 5 heteroatoms. The molecular weight excluding hydrogens is 200 g/mol. The molecule has 0 radical (unpaired) electrons. The van der Waals surface area contributed by atoms with Crippen LogP contribution in [0.1, 0.15) is 13.3 Å². The molecule has 0 fully saturated rings. The Morgan fingerprint density at radius 1 is 1.21 bits per heavy atom. The van der Waals surface area contributed by atoms with Crippen molar-refractivity contribution in [3.8, 4) is 0 Å². The molecule has 0 N–H and O–H groups in total. The number of carbonyl (C=O) groups excluding carboxylic acids is 2. The van der Waals surface area contributed by atoms with E-state index in [0.29, 0.717) is 13.0 Å². The van der Waals surface area contributed by atoms with Crippen LogP contribution in [0.25, 0.3) is 0 Å². The maximum Gasteiger partial charge on any atom is 0.242 e. The maximum atomic E-state index is 11.4. The van der Waals surface area contributed by atoms with Gasteiger partial charge in [0.1, 0.15) is 0 Å². The Bertz CT molecular complexity index is 231. The lowest BCUT2D eigenvalue weighted by Gasteiger charge is -2.20. The van der Waals surface area contributed by atoms with E-state index < -0.39 is 0 Å². The third-order valence-corrected chi connectivity index (χ3v) is 2.02. The second kappa shape index (κ2) is 6.48. The maximum absolute atomic E-state index is 11.4. The minimum absolute atomic E-state index is 0.0332. The molecule has 0 bridgehead atoms. The molecule has 0 aliphatic heterocycles. The van der Waals surface area contributed by atoms with Crippen LogP contribution >= 0.6 is 12.2 Å². The number of carbonyl (C=O) groups is 2. The second-order valence-electron chi connectivity index (χ2n) is 3.04. The Kier molecular flexibility index (Phi) is 6.03. The number of hydrogen-bond donors (Lipinski definition) is 0. The van der Waals surface area contributed by atoms with Crippen LogP contribution in [0.15, 0.2) is 0 Å². The zero-order valence-corrected chi connectivity index (χ0v) is 9.63. The minimum Gasteiger partial charge on any atom is -0.340 e. The third-order valence-electron chi connectivity index (χ3n) is 1.87. The molecule has 0 rings (SSSR count). The zero-order chi connectivity index (χ0) is 11.1. The van der Waals surface area contributed by atoms with E-state index in [-0.39, 0.29) is 18.4 Å². The molecule has 0 saturated carbocycles. The van der Waals surface area contributed by atoms with E-state index in [9.17, 15) is 9.59 Å². The van der Waals surface area contributed by atoms with Gasteiger partial charge in [0.2, 0.25) is 11.8 Å². The average Bonchev–Trinajstić information content (AvgIpc) is 2.16. The van der Waals surface area contributed by atoms with E-state index in [1.54, 1.807) is 21.0 Å². The Morgan fingerprint density at radius 3 is 2.21 bits per heavy atom. The van der Waals surface area contributed by atoms with Crippen LogP contribution in [0.5, 0.6) is 0 Å². The van der Waals surface area contributed by atoms with Gasteiger partial charge in [-0.15, -0.1) is 0 Å². The van der Waals surface area contributed by atoms with Crippen molar-refractivity contribution >= 4 is 29.4 Å². The van der Waals surface area contributed by atoms with Crippen molar-refractivity contribution < 1.29 is 9.59 Å². The summed E-state index contributed by atoms with van der Waals surface area (Å²) in [5.41, 5.74) is 0. The molecule has 0 aromatic rings. The Morgan fingerprint density at radius 2 is 1.79 bits per heavy atom. The molecule has 4 nitrogen and oxygen atoms in total. The normalized spacial score (nSPS) is 9.36. The van der Waals surface area contributed by atoms with Gasteiger partial charge >= 0.3 is 0 Å². The minimum atomic E-state index is -0.101. The number of likely N-dealkylation sites (N-methyl/N-ethyl adjacent to an activating group) is 2. The highest BCUT2D eigenvalue weighted by molar-refractivity contribution is 7.79. The van der Waals surface area contributed by atoms with E-state index >= 15 is 0 Å². The monoisotopic (exact) mass is 216 g/mol. The first-order valence-corrected chi connectivity index (χ1v) is 4.91. The largest absolute Gasteiger partial charge is 0.340 e. The predicted molar refractivity (Wildman–Crippen MR) is 59.2 cm³/mol. The first-order chi connectivity index (χ1) is 6.52. The van der Waals surface area contributed by atoms with Crippen LogP contribution in [0.4, 0.5) is 0 Å². The van der Waals surface area contributed by atoms with Crippen LogP contribution in [0.2, 0.25) is 0 Å². The SMILES string of the molecule is CCC(=O)N(C)CC(=O)N(C)CC=S. The van der Waals surface area contributed by atoms with E-state index in [4.69, 9.17) is 0 Å². The van der Waals surface area contributed by atoms with Crippen molar-refractivity contribution in [2.45, 2.75) is 13.3 Å². The van der Waals surface area contributed by atoms with Crippen molar-refractivity contribution in [1.82, 2.24) is 9.80 Å². The number of amides is 2. The topological polar surface area (TPSA) is 40.6 Å². The van der Waals surface area contributed by atoms with Gasteiger partial charge in [0, 0.05) is 27.1 Å². The van der Waals surface area contributed by atoms with Gasteiger partial charge < -0.3 is 9.80 Å². The molecule has 0 heterocycles. The molecule has 0 aromatic heterocycles. The van der Waals surface area contributed by atoms with E-state index in [0.717, 1.165) is 0 Å². The summed E-state index contributed by atoms with van der Waals surface area (Å²) in [6.07, 6.45) is 0.417. The molecule has 2 amide bonds. The Balaban J connectivity index is 4.04. The highest BCUT2D eigenvalue weighted by Gasteiger charge is 2.13.